The normalized spacial score (nSPS) is 18.1. The minimum atomic E-state index is -4.53. The maximum absolute atomic E-state index is 13.7. The van der Waals surface area contributed by atoms with Crippen LogP contribution >= 0.6 is 0 Å². The van der Waals surface area contributed by atoms with Gasteiger partial charge in [-0.05, 0) is 57.4 Å². The topological polar surface area (TPSA) is 42.8 Å². The van der Waals surface area contributed by atoms with Crippen molar-refractivity contribution in [1.29, 1.82) is 0 Å². The van der Waals surface area contributed by atoms with Crippen LogP contribution in [0.4, 0.5) is 13.2 Å². The number of halogens is 3. The molecule has 0 amide bonds. The van der Waals surface area contributed by atoms with E-state index in [4.69, 9.17) is 9.47 Å². The van der Waals surface area contributed by atoms with E-state index in [9.17, 15) is 13.2 Å². The second-order valence-electron chi connectivity index (χ2n) is 7.44. The molecule has 1 aliphatic heterocycles. The highest BCUT2D eigenvalue weighted by molar-refractivity contribution is 5.88. The molecule has 4 nitrogen and oxygen atoms in total. The second-order valence-corrected chi connectivity index (χ2v) is 7.44. The van der Waals surface area contributed by atoms with Crippen molar-refractivity contribution in [3.63, 3.8) is 0 Å². The predicted octanol–water partition coefficient (Wildman–Crippen LogP) is 6.38. The second kappa shape index (κ2) is 12.5. The molecular weight excluding hydrogens is 405 g/mol. The van der Waals surface area contributed by atoms with Crippen LogP contribution in [-0.2, 0) is 10.9 Å². The summed E-state index contributed by atoms with van der Waals surface area (Å²) in [6.07, 6.45) is 6.82. The zero-order chi connectivity index (χ0) is 22.7. The summed E-state index contributed by atoms with van der Waals surface area (Å²) in [6, 6.07) is 4.06. The molecule has 1 unspecified atom stereocenters. The van der Waals surface area contributed by atoms with Crippen molar-refractivity contribution in [2.75, 3.05) is 20.3 Å². The Morgan fingerprint density at radius 1 is 1.26 bits per heavy atom. The molecule has 1 saturated heterocycles. The fraction of sp³-hybridized carbons (Fsp3) is 0.542. The molecule has 1 heterocycles. The van der Waals surface area contributed by atoms with E-state index >= 15 is 0 Å². The van der Waals surface area contributed by atoms with Crippen molar-refractivity contribution < 1.29 is 22.6 Å². The summed E-state index contributed by atoms with van der Waals surface area (Å²) in [4.78, 5) is 4.50. The van der Waals surface area contributed by atoms with Gasteiger partial charge in [-0.2, -0.15) is 13.2 Å². The molecule has 0 aromatic heterocycles. The molecule has 0 saturated carbocycles. The van der Waals surface area contributed by atoms with Crippen molar-refractivity contribution >= 4 is 11.6 Å². The third kappa shape index (κ3) is 7.73. The lowest BCUT2D eigenvalue weighted by atomic mass is 10.1. The maximum atomic E-state index is 13.7. The number of hydrogen-bond acceptors (Lipinski definition) is 4. The van der Waals surface area contributed by atoms with Crippen LogP contribution < -0.4 is 10.1 Å². The van der Waals surface area contributed by atoms with Crippen LogP contribution in [0.1, 0.15) is 63.5 Å². The number of aliphatic imine (C=N–C) groups is 1. The minimum absolute atomic E-state index is 0.0185. The van der Waals surface area contributed by atoms with Gasteiger partial charge in [-0.25, -0.2) is 4.99 Å². The number of ether oxygens (including phenoxy) is 2. The first-order chi connectivity index (χ1) is 14.9. The smallest absolute Gasteiger partial charge is 0.419 e. The van der Waals surface area contributed by atoms with Gasteiger partial charge >= 0.3 is 6.18 Å². The molecule has 0 spiro atoms. The Bertz CT molecular complexity index is 780. The monoisotopic (exact) mass is 438 g/mol. The summed E-state index contributed by atoms with van der Waals surface area (Å²) >= 11 is 0. The number of nitrogens with zero attached hydrogens (tertiary/aromatic N) is 1. The summed E-state index contributed by atoms with van der Waals surface area (Å²) in [6.45, 7) is 4.93. The molecule has 31 heavy (non-hydrogen) atoms. The summed E-state index contributed by atoms with van der Waals surface area (Å²) < 4.78 is 52.0. The fourth-order valence-corrected chi connectivity index (χ4v) is 3.41. The first-order valence-electron chi connectivity index (χ1n) is 10.9. The van der Waals surface area contributed by atoms with E-state index in [2.05, 4.69) is 17.2 Å². The molecule has 1 atom stereocenters. The highest BCUT2D eigenvalue weighted by atomic mass is 19.4. The van der Waals surface area contributed by atoms with Gasteiger partial charge in [0.2, 0.25) is 5.90 Å². The van der Waals surface area contributed by atoms with Gasteiger partial charge in [0, 0.05) is 5.56 Å². The average molecular weight is 439 g/mol. The number of allylic oxidation sites excluding steroid dienone is 2. The Hall–Kier alpha value is -2.28. The number of nitrogens with one attached hydrogen (secondary N) is 1. The van der Waals surface area contributed by atoms with E-state index in [0.717, 1.165) is 44.7 Å². The van der Waals surface area contributed by atoms with E-state index in [1.165, 1.54) is 13.2 Å². The number of rotatable bonds is 10. The van der Waals surface area contributed by atoms with Crippen molar-refractivity contribution in [2.24, 2.45) is 4.99 Å². The largest absolute Gasteiger partial charge is 0.493 e. The van der Waals surface area contributed by atoms with Crippen LogP contribution in [0.5, 0.6) is 5.75 Å². The third-order valence-electron chi connectivity index (χ3n) is 5.09. The van der Waals surface area contributed by atoms with Crippen LogP contribution in [0.25, 0.3) is 5.70 Å². The van der Waals surface area contributed by atoms with Gasteiger partial charge in [0.1, 0.15) is 5.75 Å². The van der Waals surface area contributed by atoms with Gasteiger partial charge in [-0.3, -0.25) is 0 Å². The third-order valence-corrected chi connectivity index (χ3v) is 5.09. The van der Waals surface area contributed by atoms with Crippen molar-refractivity contribution in [2.45, 2.75) is 64.6 Å². The quantitative estimate of drug-likeness (QED) is 0.200. The molecule has 0 radical (unpaired) electrons. The van der Waals surface area contributed by atoms with E-state index in [-0.39, 0.29) is 18.4 Å². The molecule has 1 aliphatic rings. The predicted molar refractivity (Wildman–Crippen MR) is 119 cm³/mol. The lowest BCUT2D eigenvalue weighted by Gasteiger charge is -2.17. The minimum Gasteiger partial charge on any atom is -0.493 e. The van der Waals surface area contributed by atoms with E-state index < -0.39 is 11.7 Å². The van der Waals surface area contributed by atoms with Gasteiger partial charge < -0.3 is 14.8 Å². The molecule has 1 aromatic carbocycles. The van der Waals surface area contributed by atoms with E-state index in [1.54, 1.807) is 19.1 Å². The van der Waals surface area contributed by atoms with Crippen LogP contribution in [0.3, 0.4) is 0 Å². The molecule has 1 N–H and O–H groups in total. The van der Waals surface area contributed by atoms with Gasteiger partial charge in [-0.1, -0.05) is 38.0 Å². The van der Waals surface area contributed by atoms with Crippen molar-refractivity contribution in [1.82, 2.24) is 5.32 Å². The summed E-state index contributed by atoms with van der Waals surface area (Å²) in [7, 11) is 1.53. The van der Waals surface area contributed by atoms with E-state index in [0.29, 0.717) is 23.6 Å². The van der Waals surface area contributed by atoms with Crippen LogP contribution in [0.2, 0.25) is 0 Å². The van der Waals surface area contributed by atoms with Crippen LogP contribution in [0, 0.1) is 0 Å². The molecule has 0 bridgehead atoms. The summed E-state index contributed by atoms with van der Waals surface area (Å²) in [5.74, 6) is 0.316. The standard InChI is InChI=1S/C24H33F3N2O2/c1-4-6-7-8-9-10-16-31-22-14-13-18(17-19(22)24(25,26)27)20(5-2)29-23(30-3)21-12-11-15-28-21/h5,8-9,13-14,17,21,28H,4,6-7,10-12,15-16H2,1-3H3/b9-8-,20-5-,29-23?. The Labute approximate surface area is 183 Å². The highest BCUT2D eigenvalue weighted by Crippen LogP contribution is 2.38. The molecule has 0 aliphatic carbocycles. The molecule has 7 heteroatoms. The summed E-state index contributed by atoms with van der Waals surface area (Å²) in [5.41, 5.74) is 0.00288. The van der Waals surface area contributed by atoms with Gasteiger partial charge in [-0.15, -0.1) is 0 Å². The molecule has 1 fully saturated rings. The van der Waals surface area contributed by atoms with Gasteiger partial charge in [0.05, 0.1) is 31.0 Å². The lowest BCUT2D eigenvalue weighted by molar-refractivity contribution is -0.138. The van der Waals surface area contributed by atoms with Gasteiger partial charge in [0.25, 0.3) is 0 Å². The molecule has 1 aromatic rings. The van der Waals surface area contributed by atoms with Crippen molar-refractivity contribution in [3.8, 4) is 5.75 Å². The zero-order valence-electron chi connectivity index (χ0n) is 18.6. The highest BCUT2D eigenvalue weighted by Gasteiger charge is 2.35. The maximum Gasteiger partial charge on any atom is 0.419 e. The number of alkyl halides is 3. The lowest BCUT2D eigenvalue weighted by Crippen LogP contribution is -2.32. The number of hydrogen-bond donors (Lipinski definition) is 1. The van der Waals surface area contributed by atoms with E-state index in [1.807, 2.05) is 12.2 Å². The average Bonchev–Trinajstić information content (AvgIpc) is 3.28. The number of unbranched alkanes of at least 4 members (excludes halogenated alkanes) is 2. The number of methoxy groups -OCH3 is 1. The van der Waals surface area contributed by atoms with Crippen LogP contribution in [-0.4, -0.2) is 32.2 Å². The molecule has 172 valence electrons. The fourth-order valence-electron chi connectivity index (χ4n) is 3.41. The first kappa shape index (κ1) is 25.0. The Kier molecular flexibility index (Phi) is 10.1. The van der Waals surface area contributed by atoms with Crippen molar-refractivity contribution in [3.05, 3.63) is 47.6 Å². The Morgan fingerprint density at radius 3 is 2.65 bits per heavy atom. The van der Waals surface area contributed by atoms with Crippen LogP contribution in [0.15, 0.2) is 41.4 Å². The molecular formula is C24H33F3N2O2. The van der Waals surface area contributed by atoms with Gasteiger partial charge in [0.15, 0.2) is 0 Å². The first-order valence-corrected chi connectivity index (χ1v) is 10.9. The Morgan fingerprint density at radius 2 is 2.03 bits per heavy atom. The Balaban J connectivity index is 2.18. The number of benzene rings is 1. The SMILES string of the molecule is C/C=C(\N=C(OC)C1CCCN1)c1ccc(OCC/C=C\CCCC)c(C(F)(F)F)c1. The zero-order valence-corrected chi connectivity index (χ0v) is 18.6. The molecule has 2 rings (SSSR count). The summed E-state index contributed by atoms with van der Waals surface area (Å²) in [5, 5.41) is 3.29.